The molecule has 128 valence electrons. The zero-order valence-corrected chi connectivity index (χ0v) is 14.3. The van der Waals surface area contributed by atoms with Crippen LogP contribution in [0, 0.1) is 5.92 Å². The fraction of sp³-hybridized carbons (Fsp3) is 0.733. The van der Waals surface area contributed by atoms with Crippen molar-refractivity contribution >= 4 is 21.4 Å². The molecule has 2 unspecified atom stereocenters. The summed E-state index contributed by atoms with van der Waals surface area (Å²) in [5, 5.41) is 8.21. The van der Waals surface area contributed by atoms with Crippen molar-refractivity contribution in [1.82, 2.24) is 14.6 Å². The van der Waals surface area contributed by atoms with Crippen LogP contribution in [0.4, 0.5) is 18.3 Å². The van der Waals surface area contributed by atoms with Crippen LogP contribution in [0.25, 0.3) is 4.96 Å². The van der Waals surface area contributed by atoms with Crippen molar-refractivity contribution in [1.29, 1.82) is 0 Å². The second-order valence-electron chi connectivity index (χ2n) is 7.26. The molecule has 0 aromatic carbocycles. The van der Waals surface area contributed by atoms with Gasteiger partial charge in [-0.2, -0.15) is 13.2 Å². The van der Waals surface area contributed by atoms with E-state index in [-0.39, 0.29) is 24.3 Å². The lowest BCUT2D eigenvalue weighted by molar-refractivity contribution is -0.182. The highest BCUT2D eigenvalue weighted by Crippen LogP contribution is 2.38. The maximum absolute atomic E-state index is 12.9. The van der Waals surface area contributed by atoms with E-state index >= 15 is 0 Å². The van der Waals surface area contributed by atoms with E-state index < -0.39 is 12.1 Å². The number of imidazole rings is 1. The van der Waals surface area contributed by atoms with Gasteiger partial charge in [-0.1, -0.05) is 38.5 Å². The van der Waals surface area contributed by atoms with Crippen molar-refractivity contribution in [3.63, 3.8) is 0 Å². The Hall–Kier alpha value is -1.31. The Morgan fingerprint density at radius 2 is 2.00 bits per heavy atom. The van der Waals surface area contributed by atoms with Crippen molar-refractivity contribution in [3.8, 4) is 0 Å². The number of alkyl halides is 3. The molecule has 1 aliphatic carbocycles. The van der Waals surface area contributed by atoms with Gasteiger partial charge in [0.1, 0.15) is 0 Å². The molecule has 2 aromatic rings. The Morgan fingerprint density at radius 3 is 2.61 bits per heavy atom. The zero-order valence-electron chi connectivity index (χ0n) is 13.4. The zero-order chi connectivity index (χ0) is 16.8. The van der Waals surface area contributed by atoms with Crippen LogP contribution in [-0.4, -0.2) is 26.8 Å². The first kappa shape index (κ1) is 16.5. The van der Waals surface area contributed by atoms with Crippen LogP contribution in [0.1, 0.15) is 52.1 Å². The minimum Gasteiger partial charge on any atom is -0.357 e. The van der Waals surface area contributed by atoms with Crippen molar-refractivity contribution in [3.05, 3.63) is 11.9 Å². The third-order valence-corrected chi connectivity index (χ3v) is 5.13. The quantitative estimate of drug-likeness (QED) is 0.863. The Bertz CT molecular complexity index is 651. The highest BCUT2D eigenvalue weighted by Gasteiger charge is 2.42. The first-order valence-electron chi connectivity index (χ1n) is 7.83. The van der Waals surface area contributed by atoms with E-state index in [2.05, 4.69) is 36.2 Å². The normalized spacial score (nSPS) is 23.4. The van der Waals surface area contributed by atoms with Gasteiger partial charge in [0.15, 0.2) is 0 Å². The van der Waals surface area contributed by atoms with Crippen LogP contribution in [0.3, 0.4) is 0 Å². The summed E-state index contributed by atoms with van der Waals surface area (Å²) in [4.78, 5) is 5.32. The van der Waals surface area contributed by atoms with Crippen molar-refractivity contribution in [2.24, 2.45) is 5.92 Å². The molecule has 0 aliphatic heterocycles. The van der Waals surface area contributed by atoms with E-state index in [0.717, 1.165) is 17.1 Å². The van der Waals surface area contributed by atoms with Crippen LogP contribution in [-0.2, 0) is 5.41 Å². The van der Waals surface area contributed by atoms with E-state index in [1.165, 1.54) is 11.3 Å². The average Bonchev–Trinajstić information content (AvgIpc) is 2.95. The monoisotopic (exact) mass is 346 g/mol. The van der Waals surface area contributed by atoms with Gasteiger partial charge in [-0.25, -0.2) is 9.50 Å². The fourth-order valence-electron chi connectivity index (χ4n) is 2.91. The molecule has 0 radical (unpaired) electrons. The maximum Gasteiger partial charge on any atom is 0.391 e. The molecule has 0 spiro atoms. The Kier molecular flexibility index (Phi) is 4.06. The molecule has 2 aromatic heterocycles. The number of aromatic nitrogens is 3. The van der Waals surface area contributed by atoms with Gasteiger partial charge >= 0.3 is 6.18 Å². The van der Waals surface area contributed by atoms with Crippen molar-refractivity contribution < 1.29 is 13.2 Å². The summed E-state index contributed by atoms with van der Waals surface area (Å²) in [6.45, 7) is 6.24. The van der Waals surface area contributed by atoms with Gasteiger partial charge in [-0.15, -0.1) is 5.10 Å². The van der Waals surface area contributed by atoms with E-state index in [4.69, 9.17) is 0 Å². The lowest BCUT2D eigenvalue weighted by atomic mass is 9.85. The molecular weight excluding hydrogens is 325 g/mol. The third kappa shape index (κ3) is 3.62. The van der Waals surface area contributed by atoms with Gasteiger partial charge in [-0.05, 0) is 19.3 Å². The van der Waals surface area contributed by atoms with E-state index in [0.29, 0.717) is 11.6 Å². The van der Waals surface area contributed by atoms with Gasteiger partial charge < -0.3 is 5.32 Å². The summed E-state index contributed by atoms with van der Waals surface area (Å²) in [5.41, 5.74) is 0.905. The SMILES string of the molecule is CC(C)(C)c1cn2nc(NC3CCCC(C(F)(F)F)C3)sc2n1. The number of nitrogens with zero attached hydrogens (tertiary/aromatic N) is 3. The summed E-state index contributed by atoms with van der Waals surface area (Å²) >= 11 is 1.38. The molecule has 3 rings (SSSR count). The number of nitrogens with one attached hydrogen (secondary N) is 1. The fourth-order valence-corrected chi connectivity index (χ4v) is 3.77. The number of hydrogen-bond acceptors (Lipinski definition) is 4. The summed E-state index contributed by atoms with van der Waals surface area (Å²) in [6.07, 6.45) is -0.507. The van der Waals surface area contributed by atoms with Crippen molar-refractivity contribution in [2.45, 2.75) is 64.1 Å². The number of halogens is 3. The summed E-state index contributed by atoms with van der Waals surface area (Å²) in [5.74, 6) is -1.20. The smallest absolute Gasteiger partial charge is 0.357 e. The molecule has 0 bridgehead atoms. The van der Waals surface area contributed by atoms with Gasteiger partial charge in [0, 0.05) is 11.5 Å². The molecule has 4 nitrogen and oxygen atoms in total. The van der Waals surface area contributed by atoms with Gasteiger partial charge in [0.25, 0.3) is 0 Å². The van der Waals surface area contributed by atoms with Crippen LogP contribution in [0.15, 0.2) is 6.20 Å². The van der Waals surface area contributed by atoms with Crippen LogP contribution < -0.4 is 5.32 Å². The molecule has 1 N–H and O–H groups in total. The number of rotatable bonds is 2. The van der Waals surface area contributed by atoms with Crippen LogP contribution >= 0.6 is 11.3 Å². The molecule has 2 atom stereocenters. The second kappa shape index (κ2) is 5.65. The standard InChI is InChI=1S/C15H21F3N4S/c1-14(2,3)11-8-22-13(20-11)23-12(21-22)19-10-6-4-5-9(7-10)15(16,17)18/h8-10H,4-7H2,1-3H3,(H,19,21). The van der Waals surface area contributed by atoms with Gasteiger partial charge in [0.05, 0.1) is 17.8 Å². The Balaban J connectivity index is 1.70. The number of anilines is 1. The summed E-state index contributed by atoms with van der Waals surface area (Å²) in [6, 6.07) is -0.173. The van der Waals surface area contributed by atoms with E-state index in [1.807, 2.05) is 6.20 Å². The molecule has 0 saturated heterocycles. The largest absolute Gasteiger partial charge is 0.391 e. The molecule has 1 aliphatic rings. The minimum absolute atomic E-state index is 0.0513. The molecule has 8 heteroatoms. The molecule has 1 fully saturated rings. The number of hydrogen-bond donors (Lipinski definition) is 1. The molecule has 0 amide bonds. The van der Waals surface area contributed by atoms with Gasteiger partial charge in [0.2, 0.25) is 10.1 Å². The highest BCUT2D eigenvalue weighted by atomic mass is 32.1. The molecule has 2 heterocycles. The number of fused-ring (bicyclic) bond motifs is 1. The first-order valence-corrected chi connectivity index (χ1v) is 8.64. The predicted octanol–water partition coefficient (Wildman–Crippen LogP) is 4.62. The minimum atomic E-state index is -4.10. The average molecular weight is 346 g/mol. The maximum atomic E-state index is 12.9. The molecule has 1 saturated carbocycles. The third-order valence-electron chi connectivity index (χ3n) is 4.28. The van der Waals surface area contributed by atoms with Gasteiger partial charge in [-0.3, -0.25) is 0 Å². The first-order chi connectivity index (χ1) is 10.6. The molecule has 23 heavy (non-hydrogen) atoms. The summed E-state index contributed by atoms with van der Waals surface area (Å²) in [7, 11) is 0. The van der Waals surface area contributed by atoms with Crippen molar-refractivity contribution in [2.75, 3.05) is 5.32 Å². The van der Waals surface area contributed by atoms with Crippen LogP contribution in [0.2, 0.25) is 0 Å². The highest BCUT2D eigenvalue weighted by molar-refractivity contribution is 7.20. The van der Waals surface area contributed by atoms with Crippen LogP contribution in [0.5, 0.6) is 0 Å². The Labute approximate surface area is 137 Å². The lowest BCUT2D eigenvalue weighted by Crippen LogP contribution is -2.34. The lowest BCUT2D eigenvalue weighted by Gasteiger charge is -2.30. The predicted molar refractivity (Wildman–Crippen MR) is 85.0 cm³/mol. The topological polar surface area (TPSA) is 42.2 Å². The summed E-state index contributed by atoms with van der Waals surface area (Å²) < 4.78 is 40.3. The molecular formula is C15H21F3N4S. The Morgan fingerprint density at radius 1 is 1.26 bits per heavy atom. The van der Waals surface area contributed by atoms with E-state index in [9.17, 15) is 13.2 Å². The van der Waals surface area contributed by atoms with E-state index in [1.54, 1.807) is 4.52 Å². The second-order valence-corrected chi connectivity index (χ2v) is 8.21.